The Morgan fingerprint density at radius 1 is 1.47 bits per heavy atom. The van der Waals surface area contributed by atoms with Crippen LogP contribution in [0.5, 0.6) is 0 Å². The van der Waals surface area contributed by atoms with E-state index in [4.69, 9.17) is 10.5 Å². The minimum atomic E-state index is -0.795. The van der Waals surface area contributed by atoms with E-state index in [1.54, 1.807) is 6.92 Å². The van der Waals surface area contributed by atoms with Crippen molar-refractivity contribution in [3.63, 3.8) is 0 Å². The Morgan fingerprint density at radius 3 is 2.40 bits per heavy atom. The summed E-state index contributed by atoms with van der Waals surface area (Å²) in [5, 5.41) is 9.54. The molecular formula is C10H22ClNO3. The molecule has 15 heavy (non-hydrogen) atoms. The highest BCUT2D eigenvalue weighted by Crippen LogP contribution is 2.08. The fourth-order valence-electron chi connectivity index (χ4n) is 1.24. The van der Waals surface area contributed by atoms with Crippen molar-refractivity contribution in [2.75, 3.05) is 6.61 Å². The predicted octanol–water partition coefficient (Wildman–Crippen LogP) is 1.10. The molecule has 2 atom stereocenters. The monoisotopic (exact) mass is 239 g/mol. The molecule has 0 heterocycles. The maximum Gasteiger partial charge on any atom is 0.308 e. The van der Waals surface area contributed by atoms with Gasteiger partial charge in [0.1, 0.15) is 0 Å². The van der Waals surface area contributed by atoms with E-state index in [-0.39, 0.29) is 30.8 Å². The number of hydrogen-bond donors (Lipinski definition) is 2. The summed E-state index contributed by atoms with van der Waals surface area (Å²) in [7, 11) is 0. The molecule has 0 spiro atoms. The van der Waals surface area contributed by atoms with Crippen molar-refractivity contribution >= 4 is 18.4 Å². The number of esters is 1. The van der Waals surface area contributed by atoms with Gasteiger partial charge in [0.2, 0.25) is 0 Å². The van der Waals surface area contributed by atoms with Crippen LogP contribution in [0.15, 0.2) is 0 Å². The Bertz CT molecular complexity index is 176. The molecule has 0 saturated carbocycles. The van der Waals surface area contributed by atoms with Crippen molar-refractivity contribution in [2.24, 2.45) is 11.7 Å². The van der Waals surface area contributed by atoms with Gasteiger partial charge in [0.15, 0.2) is 0 Å². The second-order valence-corrected chi connectivity index (χ2v) is 3.87. The van der Waals surface area contributed by atoms with E-state index in [1.165, 1.54) is 0 Å². The van der Waals surface area contributed by atoms with Gasteiger partial charge in [-0.1, -0.05) is 13.8 Å². The smallest absolute Gasteiger partial charge is 0.308 e. The lowest BCUT2D eigenvalue weighted by Crippen LogP contribution is -2.37. The highest BCUT2D eigenvalue weighted by Gasteiger charge is 2.19. The van der Waals surface area contributed by atoms with E-state index in [0.29, 0.717) is 18.9 Å². The van der Waals surface area contributed by atoms with Gasteiger partial charge in [-0.05, 0) is 19.3 Å². The number of hydrogen-bond acceptors (Lipinski definition) is 4. The molecule has 0 bridgehead atoms. The van der Waals surface area contributed by atoms with Crippen LogP contribution < -0.4 is 5.73 Å². The van der Waals surface area contributed by atoms with Crippen LogP contribution in [0.1, 0.15) is 33.6 Å². The number of carbonyl (C=O) groups excluding carboxylic acids is 1. The fourth-order valence-corrected chi connectivity index (χ4v) is 1.24. The summed E-state index contributed by atoms with van der Waals surface area (Å²) >= 11 is 0. The van der Waals surface area contributed by atoms with Crippen molar-refractivity contribution in [1.29, 1.82) is 0 Å². The Balaban J connectivity index is 0. The lowest BCUT2D eigenvalue weighted by molar-refractivity contribution is -0.145. The molecule has 0 aromatic carbocycles. The zero-order valence-corrected chi connectivity index (χ0v) is 10.4. The zero-order valence-electron chi connectivity index (χ0n) is 9.60. The Labute approximate surface area is 97.6 Å². The highest BCUT2D eigenvalue weighted by atomic mass is 35.5. The Hall–Kier alpha value is -0.320. The minimum absolute atomic E-state index is 0. The quantitative estimate of drug-likeness (QED) is 0.681. The van der Waals surface area contributed by atoms with Crippen LogP contribution in [0.3, 0.4) is 0 Å². The second-order valence-electron chi connectivity index (χ2n) is 3.87. The van der Waals surface area contributed by atoms with Gasteiger partial charge in [-0.25, -0.2) is 0 Å². The molecule has 0 unspecified atom stereocenters. The maximum atomic E-state index is 11.0. The van der Waals surface area contributed by atoms with Crippen LogP contribution in [0.4, 0.5) is 0 Å². The number of aliphatic hydroxyl groups excluding tert-OH is 1. The summed E-state index contributed by atoms with van der Waals surface area (Å²) in [6.07, 6.45) is -0.0982. The van der Waals surface area contributed by atoms with E-state index in [2.05, 4.69) is 0 Å². The largest absolute Gasteiger partial charge is 0.466 e. The molecule has 0 aliphatic carbocycles. The number of rotatable bonds is 6. The van der Waals surface area contributed by atoms with E-state index in [1.807, 2.05) is 13.8 Å². The minimum Gasteiger partial charge on any atom is -0.466 e. The number of halogens is 1. The molecule has 0 aromatic heterocycles. The molecule has 0 aromatic rings. The molecule has 0 radical (unpaired) electrons. The third kappa shape index (κ3) is 8.66. The molecule has 5 heteroatoms. The first kappa shape index (κ1) is 17.1. The van der Waals surface area contributed by atoms with Gasteiger partial charge < -0.3 is 15.6 Å². The summed E-state index contributed by atoms with van der Waals surface area (Å²) in [6.45, 7) is 6.12. The van der Waals surface area contributed by atoms with E-state index < -0.39 is 6.10 Å². The summed E-state index contributed by atoms with van der Waals surface area (Å²) in [6, 6.07) is -0.348. The third-order valence-corrected chi connectivity index (χ3v) is 1.92. The molecule has 0 aliphatic heterocycles. The summed E-state index contributed by atoms with van der Waals surface area (Å²) in [5.74, 6) is 0.0288. The first-order chi connectivity index (χ1) is 6.47. The van der Waals surface area contributed by atoms with Crippen molar-refractivity contribution in [1.82, 2.24) is 0 Å². The maximum absolute atomic E-state index is 11.0. The third-order valence-electron chi connectivity index (χ3n) is 1.92. The van der Waals surface area contributed by atoms with Crippen LogP contribution in [0.2, 0.25) is 0 Å². The van der Waals surface area contributed by atoms with Gasteiger partial charge in [-0.3, -0.25) is 4.79 Å². The number of nitrogens with two attached hydrogens (primary N) is 1. The van der Waals surface area contributed by atoms with Crippen LogP contribution in [-0.4, -0.2) is 29.8 Å². The van der Waals surface area contributed by atoms with Gasteiger partial charge >= 0.3 is 5.97 Å². The standard InChI is InChI=1S/C10H21NO3.ClH/c1-4-14-10(13)6-9(12)8(11)5-7(2)3;/h7-9,12H,4-6,11H2,1-3H3;1H/t8-,9-;/m0./s1. The average molecular weight is 240 g/mol. The zero-order chi connectivity index (χ0) is 11.1. The Morgan fingerprint density at radius 2 is 2.00 bits per heavy atom. The molecule has 0 amide bonds. The lowest BCUT2D eigenvalue weighted by atomic mass is 9.98. The number of aliphatic hydroxyl groups is 1. The van der Waals surface area contributed by atoms with Gasteiger partial charge in [0.05, 0.1) is 19.1 Å². The van der Waals surface area contributed by atoms with Crippen molar-refractivity contribution in [2.45, 2.75) is 45.8 Å². The molecule has 0 rings (SSSR count). The molecule has 0 aliphatic rings. The van der Waals surface area contributed by atoms with Crippen LogP contribution in [0, 0.1) is 5.92 Å². The topological polar surface area (TPSA) is 72.5 Å². The van der Waals surface area contributed by atoms with Gasteiger partial charge in [0, 0.05) is 6.04 Å². The lowest BCUT2D eigenvalue weighted by Gasteiger charge is -2.19. The van der Waals surface area contributed by atoms with E-state index in [0.717, 1.165) is 0 Å². The normalized spacial score (nSPS) is 14.3. The van der Waals surface area contributed by atoms with Crippen LogP contribution >= 0.6 is 12.4 Å². The van der Waals surface area contributed by atoms with Crippen molar-refractivity contribution < 1.29 is 14.6 Å². The SMILES string of the molecule is CCOC(=O)C[C@H](O)[C@@H](N)CC(C)C.Cl. The second kappa shape index (κ2) is 8.95. The Kier molecular flexibility index (Phi) is 10.2. The van der Waals surface area contributed by atoms with Crippen LogP contribution in [0.25, 0.3) is 0 Å². The number of carbonyl (C=O) groups is 1. The molecular weight excluding hydrogens is 218 g/mol. The first-order valence-electron chi connectivity index (χ1n) is 5.06. The van der Waals surface area contributed by atoms with Gasteiger partial charge in [-0.15, -0.1) is 12.4 Å². The van der Waals surface area contributed by atoms with E-state index in [9.17, 15) is 9.90 Å². The molecule has 0 fully saturated rings. The van der Waals surface area contributed by atoms with Crippen LogP contribution in [-0.2, 0) is 9.53 Å². The summed E-state index contributed by atoms with van der Waals surface area (Å²) in [5.41, 5.74) is 5.70. The fraction of sp³-hybridized carbons (Fsp3) is 0.900. The first-order valence-corrected chi connectivity index (χ1v) is 5.06. The van der Waals surface area contributed by atoms with Crippen molar-refractivity contribution in [3.8, 4) is 0 Å². The molecule has 4 nitrogen and oxygen atoms in total. The van der Waals surface area contributed by atoms with Gasteiger partial charge in [-0.2, -0.15) is 0 Å². The van der Waals surface area contributed by atoms with Gasteiger partial charge in [0.25, 0.3) is 0 Å². The molecule has 3 N–H and O–H groups in total. The summed E-state index contributed by atoms with van der Waals surface area (Å²) < 4.78 is 4.71. The average Bonchev–Trinajstić information content (AvgIpc) is 2.02. The molecule has 0 saturated heterocycles. The molecule has 92 valence electrons. The number of ether oxygens (including phenoxy) is 1. The van der Waals surface area contributed by atoms with E-state index >= 15 is 0 Å². The summed E-state index contributed by atoms with van der Waals surface area (Å²) in [4.78, 5) is 11.0. The predicted molar refractivity (Wildman–Crippen MR) is 61.9 cm³/mol. The highest BCUT2D eigenvalue weighted by molar-refractivity contribution is 5.85. The van der Waals surface area contributed by atoms with Crippen molar-refractivity contribution in [3.05, 3.63) is 0 Å².